The van der Waals surface area contributed by atoms with Crippen LogP contribution in [0.15, 0.2) is 59.2 Å². The first-order valence-electron chi connectivity index (χ1n) is 7.63. The molecular weight excluding hydrogens is 386 g/mol. The Labute approximate surface area is 152 Å². The van der Waals surface area contributed by atoms with Crippen LogP contribution in [0.5, 0.6) is 5.75 Å². The van der Waals surface area contributed by atoms with Crippen LogP contribution in [0.3, 0.4) is 0 Å². The predicted octanol–water partition coefficient (Wildman–Crippen LogP) is 2.70. The number of hydrazine groups is 1. The highest BCUT2D eigenvalue weighted by Gasteiger charge is 2.10. The third-order valence-corrected chi connectivity index (χ3v) is 4.08. The summed E-state index contributed by atoms with van der Waals surface area (Å²) in [5.41, 5.74) is 6.57. The summed E-state index contributed by atoms with van der Waals surface area (Å²) < 4.78 is 6.25. The molecule has 0 atom stereocenters. The van der Waals surface area contributed by atoms with Crippen molar-refractivity contribution in [2.24, 2.45) is 0 Å². The molecule has 25 heavy (non-hydrogen) atoms. The van der Waals surface area contributed by atoms with Crippen molar-refractivity contribution in [3.63, 3.8) is 0 Å². The molecule has 0 radical (unpaired) electrons. The van der Waals surface area contributed by atoms with Gasteiger partial charge in [-0.2, -0.15) is 0 Å². The van der Waals surface area contributed by atoms with E-state index in [-0.39, 0.29) is 18.9 Å². The van der Waals surface area contributed by atoms with Crippen molar-refractivity contribution < 1.29 is 14.3 Å². The SMILES string of the molecule is O=C(COc1ccc(Br)cc1)NNC(=O)Cc1c[nH]c2ccccc12. The Bertz CT molecular complexity index is 890. The molecule has 0 spiro atoms. The van der Waals surface area contributed by atoms with Gasteiger partial charge < -0.3 is 9.72 Å². The number of hydrogen-bond donors (Lipinski definition) is 3. The van der Waals surface area contributed by atoms with Crippen LogP contribution in [-0.2, 0) is 16.0 Å². The van der Waals surface area contributed by atoms with Gasteiger partial charge in [-0.3, -0.25) is 20.4 Å². The van der Waals surface area contributed by atoms with Crippen molar-refractivity contribution in [3.8, 4) is 5.75 Å². The van der Waals surface area contributed by atoms with Crippen LogP contribution < -0.4 is 15.6 Å². The molecule has 0 saturated carbocycles. The minimum atomic E-state index is -0.435. The molecule has 0 bridgehead atoms. The molecule has 1 aromatic heterocycles. The first kappa shape index (κ1) is 17.0. The maximum absolute atomic E-state index is 12.0. The summed E-state index contributed by atoms with van der Waals surface area (Å²) in [6.07, 6.45) is 1.96. The maximum Gasteiger partial charge on any atom is 0.276 e. The molecule has 0 saturated heterocycles. The molecule has 0 unspecified atom stereocenters. The van der Waals surface area contributed by atoms with E-state index in [1.54, 1.807) is 18.3 Å². The van der Waals surface area contributed by atoms with Crippen LogP contribution in [0.4, 0.5) is 0 Å². The molecule has 0 aliphatic heterocycles. The second kappa shape index (κ2) is 7.85. The van der Waals surface area contributed by atoms with Gasteiger partial charge in [-0.15, -0.1) is 0 Å². The third kappa shape index (κ3) is 4.60. The van der Waals surface area contributed by atoms with Crippen LogP contribution >= 0.6 is 15.9 Å². The number of aromatic nitrogens is 1. The third-order valence-electron chi connectivity index (χ3n) is 3.55. The zero-order chi connectivity index (χ0) is 17.6. The molecule has 7 heteroatoms. The van der Waals surface area contributed by atoms with Gasteiger partial charge in [0.25, 0.3) is 5.91 Å². The minimum absolute atomic E-state index is 0.165. The molecule has 0 aliphatic rings. The van der Waals surface area contributed by atoms with E-state index in [2.05, 4.69) is 31.8 Å². The largest absolute Gasteiger partial charge is 0.484 e. The van der Waals surface area contributed by atoms with Crippen LogP contribution in [0.25, 0.3) is 10.9 Å². The van der Waals surface area contributed by atoms with Crippen molar-refractivity contribution in [1.82, 2.24) is 15.8 Å². The first-order valence-corrected chi connectivity index (χ1v) is 8.42. The van der Waals surface area contributed by atoms with Crippen molar-refractivity contribution in [2.75, 3.05) is 6.61 Å². The summed E-state index contributed by atoms with van der Waals surface area (Å²) in [5.74, 6) is -0.166. The molecule has 1 heterocycles. The number of ether oxygens (including phenoxy) is 1. The standard InChI is InChI=1S/C18H16BrN3O3/c19-13-5-7-14(8-6-13)25-11-18(24)22-21-17(23)9-12-10-20-16-4-2-1-3-15(12)16/h1-8,10,20H,9,11H2,(H,21,23)(H,22,24). The van der Waals surface area contributed by atoms with Gasteiger partial charge in [-0.25, -0.2) is 0 Å². The Morgan fingerprint density at radius 1 is 1.00 bits per heavy atom. The topological polar surface area (TPSA) is 83.2 Å². The second-order valence-electron chi connectivity index (χ2n) is 5.38. The van der Waals surface area contributed by atoms with E-state index in [1.165, 1.54) is 0 Å². The lowest BCUT2D eigenvalue weighted by Crippen LogP contribution is -2.44. The summed E-state index contributed by atoms with van der Waals surface area (Å²) in [6, 6.07) is 14.8. The lowest BCUT2D eigenvalue weighted by molar-refractivity contribution is -0.129. The number of aromatic amines is 1. The molecule has 3 aromatic rings. The Balaban J connectivity index is 1.45. The summed E-state index contributed by atoms with van der Waals surface area (Å²) >= 11 is 3.32. The number of hydrogen-bond acceptors (Lipinski definition) is 3. The Kier molecular flexibility index (Phi) is 5.35. The van der Waals surface area contributed by atoms with E-state index < -0.39 is 5.91 Å². The average molecular weight is 402 g/mol. The van der Waals surface area contributed by atoms with Crippen molar-refractivity contribution in [1.29, 1.82) is 0 Å². The number of amides is 2. The van der Waals surface area contributed by atoms with Gasteiger partial charge in [-0.05, 0) is 35.9 Å². The van der Waals surface area contributed by atoms with Crippen molar-refractivity contribution >= 4 is 38.6 Å². The maximum atomic E-state index is 12.0. The minimum Gasteiger partial charge on any atom is -0.484 e. The fourth-order valence-corrected chi connectivity index (χ4v) is 2.61. The summed E-state index contributed by atoms with van der Waals surface area (Å²) in [4.78, 5) is 26.8. The van der Waals surface area contributed by atoms with E-state index in [9.17, 15) is 9.59 Å². The number of fused-ring (bicyclic) bond motifs is 1. The molecular formula is C18H16BrN3O3. The van der Waals surface area contributed by atoms with Gasteiger partial charge in [-0.1, -0.05) is 34.1 Å². The average Bonchev–Trinajstić information content (AvgIpc) is 3.02. The number of nitrogens with one attached hydrogen (secondary N) is 3. The summed E-state index contributed by atoms with van der Waals surface area (Å²) in [5, 5.41) is 0.988. The number of rotatable bonds is 5. The van der Waals surface area contributed by atoms with E-state index in [0.717, 1.165) is 20.9 Å². The number of H-pyrrole nitrogens is 1. The number of carbonyl (C=O) groups is 2. The number of halogens is 1. The number of benzene rings is 2. The van der Waals surface area contributed by atoms with Gasteiger partial charge >= 0.3 is 0 Å². The monoisotopic (exact) mass is 401 g/mol. The van der Waals surface area contributed by atoms with Crippen LogP contribution in [-0.4, -0.2) is 23.4 Å². The Hall–Kier alpha value is -2.80. The lowest BCUT2D eigenvalue weighted by Gasteiger charge is -2.08. The Morgan fingerprint density at radius 3 is 2.52 bits per heavy atom. The van der Waals surface area contributed by atoms with Crippen LogP contribution in [0.1, 0.15) is 5.56 Å². The molecule has 3 N–H and O–H groups in total. The van der Waals surface area contributed by atoms with Gasteiger partial charge in [0.1, 0.15) is 5.75 Å². The molecule has 6 nitrogen and oxygen atoms in total. The normalized spacial score (nSPS) is 10.4. The fourth-order valence-electron chi connectivity index (χ4n) is 2.35. The molecule has 3 rings (SSSR count). The zero-order valence-corrected chi connectivity index (χ0v) is 14.8. The van der Waals surface area contributed by atoms with E-state index >= 15 is 0 Å². The highest BCUT2D eigenvalue weighted by atomic mass is 79.9. The molecule has 128 valence electrons. The smallest absolute Gasteiger partial charge is 0.276 e. The highest BCUT2D eigenvalue weighted by molar-refractivity contribution is 9.10. The van der Waals surface area contributed by atoms with Gasteiger partial charge in [0.15, 0.2) is 6.61 Å². The molecule has 2 amide bonds. The quantitative estimate of drug-likeness (QED) is 0.574. The summed E-state index contributed by atoms with van der Waals surface area (Å²) in [7, 11) is 0. The molecule has 0 fully saturated rings. The highest BCUT2D eigenvalue weighted by Crippen LogP contribution is 2.18. The van der Waals surface area contributed by atoms with Gasteiger partial charge in [0, 0.05) is 21.6 Å². The van der Waals surface area contributed by atoms with Crippen LogP contribution in [0, 0.1) is 0 Å². The predicted molar refractivity (Wildman–Crippen MR) is 97.9 cm³/mol. The molecule has 0 aliphatic carbocycles. The van der Waals surface area contributed by atoms with Gasteiger partial charge in [0.2, 0.25) is 5.91 Å². The van der Waals surface area contributed by atoms with Crippen molar-refractivity contribution in [2.45, 2.75) is 6.42 Å². The zero-order valence-electron chi connectivity index (χ0n) is 13.2. The lowest BCUT2D eigenvalue weighted by atomic mass is 10.1. The number of carbonyl (C=O) groups excluding carboxylic acids is 2. The first-order chi connectivity index (χ1) is 12.1. The Morgan fingerprint density at radius 2 is 1.72 bits per heavy atom. The van der Waals surface area contributed by atoms with Crippen LogP contribution in [0.2, 0.25) is 0 Å². The summed E-state index contributed by atoms with van der Waals surface area (Å²) in [6.45, 7) is -0.186. The fraction of sp³-hybridized carbons (Fsp3) is 0.111. The molecule has 2 aromatic carbocycles. The van der Waals surface area contributed by atoms with E-state index in [0.29, 0.717) is 5.75 Å². The van der Waals surface area contributed by atoms with Gasteiger partial charge in [0.05, 0.1) is 6.42 Å². The van der Waals surface area contributed by atoms with E-state index in [4.69, 9.17) is 4.74 Å². The van der Waals surface area contributed by atoms with E-state index in [1.807, 2.05) is 36.4 Å². The second-order valence-corrected chi connectivity index (χ2v) is 6.29. The number of para-hydroxylation sites is 1. The van der Waals surface area contributed by atoms with Crippen molar-refractivity contribution in [3.05, 3.63) is 64.8 Å².